The van der Waals surface area contributed by atoms with E-state index in [1.54, 1.807) is 6.07 Å². The molecule has 0 bridgehead atoms. The van der Waals surface area contributed by atoms with Crippen LogP contribution in [0.25, 0.3) is 11.1 Å². The van der Waals surface area contributed by atoms with E-state index in [0.717, 1.165) is 24.4 Å². The molecule has 1 aromatic heterocycles. The van der Waals surface area contributed by atoms with Crippen LogP contribution < -0.4 is 9.47 Å². The molecule has 0 saturated heterocycles. The number of nitrogens with zero attached hydrogens (tertiary/aromatic N) is 2. The first-order valence-corrected chi connectivity index (χ1v) is 5.84. The number of rotatable bonds is 3. The molecule has 2 rings (SSSR count). The Morgan fingerprint density at radius 1 is 1.18 bits per heavy atom. The number of hydrogen-bond donors (Lipinski definition) is 0. The summed E-state index contributed by atoms with van der Waals surface area (Å²) in [5, 5.41) is 9.04. The molecular weight excluding hydrogens is 304 g/mol. The van der Waals surface area contributed by atoms with E-state index in [0.29, 0.717) is 0 Å². The molecule has 1 aromatic carbocycles. The molecule has 114 valence electrons. The third-order valence-electron chi connectivity index (χ3n) is 2.67. The quantitative estimate of drug-likeness (QED) is 0.812. The van der Waals surface area contributed by atoms with Crippen LogP contribution in [0.1, 0.15) is 5.56 Å². The molecule has 0 fully saturated rings. The van der Waals surface area contributed by atoms with Crippen molar-refractivity contribution in [3.05, 3.63) is 41.8 Å². The second kappa shape index (κ2) is 5.89. The van der Waals surface area contributed by atoms with E-state index >= 15 is 0 Å². The van der Waals surface area contributed by atoms with E-state index in [9.17, 15) is 17.6 Å². The molecule has 4 nitrogen and oxygen atoms in total. The van der Waals surface area contributed by atoms with Gasteiger partial charge in [0.1, 0.15) is 11.6 Å². The second-order valence-corrected chi connectivity index (χ2v) is 4.07. The summed E-state index contributed by atoms with van der Waals surface area (Å²) >= 11 is 0. The first kappa shape index (κ1) is 15.6. The Bertz CT molecular complexity index is 739. The van der Waals surface area contributed by atoms with Crippen LogP contribution in [0.2, 0.25) is 0 Å². The van der Waals surface area contributed by atoms with Crippen LogP contribution >= 0.6 is 0 Å². The van der Waals surface area contributed by atoms with E-state index in [-0.39, 0.29) is 22.6 Å². The van der Waals surface area contributed by atoms with Crippen LogP contribution in [0.5, 0.6) is 11.6 Å². The van der Waals surface area contributed by atoms with Gasteiger partial charge in [-0.15, -0.1) is 13.2 Å². The topological polar surface area (TPSA) is 55.1 Å². The van der Waals surface area contributed by atoms with Gasteiger partial charge >= 0.3 is 6.36 Å². The van der Waals surface area contributed by atoms with Gasteiger partial charge in [0.25, 0.3) is 0 Å². The number of hydrogen-bond acceptors (Lipinski definition) is 4. The lowest BCUT2D eigenvalue weighted by atomic mass is 10.0. The Balaban J connectivity index is 2.58. The fourth-order valence-electron chi connectivity index (χ4n) is 1.78. The molecular formula is C14H8F4N2O2. The molecule has 0 atom stereocenters. The minimum absolute atomic E-state index is 0.0123. The van der Waals surface area contributed by atoms with E-state index < -0.39 is 17.9 Å². The van der Waals surface area contributed by atoms with Crippen LogP contribution in [0.3, 0.4) is 0 Å². The Hall–Kier alpha value is -2.82. The van der Waals surface area contributed by atoms with Crippen molar-refractivity contribution < 1.29 is 27.0 Å². The van der Waals surface area contributed by atoms with Crippen LogP contribution in [0.4, 0.5) is 17.6 Å². The number of alkyl halides is 3. The van der Waals surface area contributed by atoms with Gasteiger partial charge in [-0.1, -0.05) is 0 Å². The van der Waals surface area contributed by atoms with Gasteiger partial charge in [0.05, 0.1) is 24.9 Å². The molecule has 1 heterocycles. The normalized spacial score (nSPS) is 10.9. The highest BCUT2D eigenvalue weighted by atomic mass is 19.4. The van der Waals surface area contributed by atoms with Gasteiger partial charge in [-0.2, -0.15) is 5.26 Å². The van der Waals surface area contributed by atoms with Crippen molar-refractivity contribution in [2.24, 2.45) is 0 Å². The summed E-state index contributed by atoms with van der Waals surface area (Å²) in [6.45, 7) is 0. The third kappa shape index (κ3) is 3.44. The number of benzene rings is 1. The molecule has 0 N–H and O–H groups in total. The standard InChI is InChI=1S/C14H8F4N2O2/c1-21-13-5-11(12(15)7-20-13)10-4-9(22-14(16,17)18)3-2-8(10)6-19/h2-5,7H,1H3. The molecule has 0 aliphatic heterocycles. The van der Waals surface area contributed by atoms with Crippen molar-refractivity contribution >= 4 is 0 Å². The molecule has 0 unspecified atom stereocenters. The highest BCUT2D eigenvalue weighted by molar-refractivity contribution is 5.73. The van der Waals surface area contributed by atoms with Crippen molar-refractivity contribution in [2.75, 3.05) is 7.11 Å². The van der Waals surface area contributed by atoms with Crippen molar-refractivity contribution in [1.29, 1.82) is 5.26 Å². The van der Waals surface area contributed by atoms with Gasteiger partial charge in [0.2, 0.25) is 5.88 Å². The van der Waals surface area contributed by atoms with Gasteiger partial charge in [0, 0.05) is 17.2 Å². The van der Waals surface area contributed by atoms with Gasteiger partial charge in [-0.3, -0.25) is 0 Å². The maximum absolute atomic E-state index is 13.9. The lowest BCUT2D eigenvalue weighted by molar-refractivity contribution is -0.274. The van der Waals surface area contributed by atoms with Crippen LogP contribution in [-0.2, 0) is 0 Å². The Morgan fingerprint density at radius 2 is 1.91 bits per heavy atom. The van der Waals surface area contributed by atoms with Gasteiger partial charge in [0.15, 0.2) is 0 Å². The van der Waals surface area contributed by atoms with E-state index in [4.69, 9.17) is 10.00 Å². The number of halogens is 4. The molecule has 0 amide bonds. The maximum Gasteiger partial charge on any atom is 0.573 e. The maximum atomic E-state index is 13.9. The molecule has 0 aliphatic rings. The molecule has 8 heteroatoms. The summed E-state index contributed by atoms with van der Waals surface area (Å²) in [6.07, 6.45) is -4.04. The summed E-state index contributed by atoms with van der Waals surface area (Å²) in [5.41, 5.74) is -0.180. The van der Waals surface area contributed by atoms with Crippen molar-refractivity contribution in [2.45, 2.75) is 6.36 Å². The number of ether oxygens (including phenoxy) is 2. The first-order valence-electron chi connectivity index (χ1n) is 5.84. The van der Waals surface area contributed by atoms with Crippen molar-refractivity contribution in [3.63, 3.8) is 0 Å². The van der Waals surface area contributed by atoms with E-state index in [1.165, 1.54) is 13.2 Å². The highest BCUT2D eigenvalue weighted by Crippen LogP contribution is 2.33. The zero-order valence-corrected chi connectivity index (χ0v) is 11.1. The lowest BCUT2D eigenvalue weighted by Crippen LogP contribution is -2.17. The number of nitriles is 1. The first-order chi connectivity index (χ1) is 10.3. The molecule has 0 saturated carbocycles. The minimum Gasteiger partial charge on any atom is -0.481 e. The SMILES string of the molecule is COc1cc(-c2cc(OC(F)(F)F)ccc2C#N)c(F)cn1. The Kier molecular flexibility index (Phi) is 4.17. The molecule has 0 aliphatic carbocycles. The van der Waals surface area contributed by atoms with Crippen LogP contribution in [0, 0.1) is 17.1 Å². The molecule has 0 radical (unpaired) electrons. The van der Waals surface area contributed by atoms with E-state index in [2.05, 4.69) is 9.72 Å². The zero-order valence-electron chi connectivity index (χ0n) is 11.1. The zero-order chi connectivity index (χ0) is 16.3. The fraction of sp³-hybridized carbons (Fsp3) is 0.143. The van der Waals surface area contributed by atoms with Crippen LogP contribution in [0.15, 0.2) is 30.5 Å². The summed E-state index contributed by atoms with van der Waals surface area (Å²) < 4.78 is 59.3. The molecule has 2 aromatic rings. The van der Waals surface area contributed by atoms with E-state index in [1.807, 2.05) is 0 Å². The predicted octanol–water partition coefficient (Wildman–Crippen LogP) is 3.67. The molecule has 0 spiro atoms. The predicted molar refractivity (Wildman–Crippen MR) is 67.6 cm³/mol. The summed E-state index contributed by atoms with van der Waals surface area (Å²) in [4.78, 5) is 3.63. The monoisotopic (exact) mass is 312 g/mol. The van der Waals surface area contributed by atoms with Crippen molar-refractivity contribution in [3.8, 4) is 28.8 Å². The van der Waals surface area contributed by atoms with Gasteiger partial charge in [-0.05, 0) is 18.2 Å². The summed E-state index contributed by atoms with van der Waals surface area (Å²) in [6, 6.07) is 5.99. The average molecular weight is 312 g/mol. The fourth-order valence-corrected chi connectivity index (χ4v) is 1.78. The van der Waals surface area contributed by atoms with Gasteiger partial charge in [-0.25, -0.2) is 9.37 Å². The minimum atomic E-state index is -4.89. The molecule has 22 heavy (non-hydrogen) atoms. The van der Waals surface area contributed by atoms with Crippen molar-refractivity contribution in [1.82, 2.24) is 4.98 Å². The second-order valence-electron chi connectivity index (χ2n) is 4.07. The average Bonchev–Trinajstić information content (AvgIpc) is 2.46. The van der Waals surface area contributed by atoms with Crippen LogP contribution in [-0.4, -0.2) is 18.5 Å². The highest BCUT2D eigenvalue weighted by Gasteiger charge is 2.31. The number of methoxy groups -OCH3 is 1. The third-order valence-corrected chi connectivity index (χ3v) is 2.67. The largest absolute Gasteiger partial charge is 0.573 e. The summed E-state index contributed by atoms with van der Waals surface area (Å²) in [5.74, 6) is -1.31. The Morgan fingerprint density at radius 3 is 2.50 bits per heavy atom. The summed E-state index contributed by atoms with van der Waals surface area (Å²) in [7, 11) is 1.30. The Labute approximate surface area is 122 Å². The number of pyridine rings is 1. The number of aromatic nitrogens is 1. The lowest BCUT2D eigenvalue weighted by Gasteiger charge is -2.12. The smallest absolute Gasteiger partial charge is 0.481 e. The van der Waals surface area contributed by atoms with Gasteiger partial charge < -0.3 is 9.47 Å².